The molecule has 270 valence electrons. The summed E-state index contributed by atoms with van der Waals surface area (Å²) in [6, 6.07) is 10.2. The van der Waals surface area contributed by atoms with Crippen LogP contribution in [0.1, 0.15) is 55.4 Å². The van der Waals surface area contributed by atoms with Gasteiger partial charge in [-0.2, -0.15) is 0 Å². The molecule has 1 saturated heterocycles. The third-order valence-electron chi connectivity index (χ3n) is 9.95. The Hall–Kier alpha value is -5.48. The molecular weight excluding hydrogens is 674 g/mol. The maximum atomic E-state index is 13.5. The van der Waals surface area contributed by atoms with Crippen LogP contribution in [-0.4, -0.2) is 105 Å². The molecule has 2 aliphatic carbocycles. The van der Waals surface area contributed by atoms with E-state index in [2.05, 4.69) is 4.90 Å². The van der Waals surface area contributed by atoms with Crippen LogP contribution in [0.2, 0.25) is 0 Å². The van der Waals surface area contributed by atoms with Crippen LogP contribution in [-0.2, 0) is 59.6 Å². The Balaban J connectivity index is 1.23. The summed E-state index contributed by atoms with van der Waals surface area (Å²) in [6.45, 7) is 1.55. The number of hydrogen-bond acceptors (Lipinski definition) is 14. The maximum Gasteiger partial charge on any atom is 0.353 e. The minimum absolute atomic E-state index is 0.00283. The highest BCUT2D eigenvalue weighted by Crippen LogP contribution is 2.65. The molecule has 7 atom stereocenters. The van der Waals surface area contributed by atoms with E-state index >= 15 is 0 Å². The van der Waals surface area contributed by atoms with E-state index in [1.54, 1.807) is 12.1 Å². The monoisotopic (exact) mass is 709 g/mol. The summed E-state index contributed by atoms with van der Waals surface area (Å²) < 4.78 is 27.3. The first-order chi connectivity index (χ1) is 24.2. The number of rotatable bonds is 12. The van der Waals surface area contributed by atoms with Gasteiger partial charge in [-0.3, -0.25) is 14.4 Å². The van der Waals surface area contributed by atoms with Crippen molar-refractivity contribution in [1.82, 2.24) is 4.90 Å². The molecular formula is C35H35NO15. The van der Waals surface area contributed by atoms with E-state index < -0.39 is 84.1 Å². The second-order valence-electron chi connectivity index (χ2n) is 13.0. The fraction of sp³-hybridized carbons (Fsp3) is 0.429. The van der Waals surface area contributed by atoms with Crippen molar-refractivity contribution in [3.05, 3.63) is 71.0 Å². The van der Waals surface area contributed by atoms with Crippen LogP contribution in [0, 0.1) is 0 Å². The number of benzene rings is 2. The molecule has 2 bridgehead atoms. The number of carbonyl (C=O) groups excluding carboxylic acids is 4. The van der Waals surface area contributed by atoms with Crippen LogP contribution >= 0.6 is 0 Å². The van der Waals surface area contributed by atoms with Crippen molar-refractivity contribution < 1.29 is 72.9 Å². The number of esters is 4. The summed E-state index contributed by atoms with van der Waals surface area (Å²) in [5.74, 6) is -8.14. The van der Waals surface area contributed by atoms with E-state index in [0.29, 0.717) is 24.9 Å². The van der Waals surface area contributed by atoms with Crippen molar-refractivity contribution in [3.8, 4) is 11.5 Å². The summed E-state index contributed by atoms with van der Waals surface area (Å²) in [7, 11) is 1.92. The molecule has 16 nitrogen and oxygen atoms in total. The smallest absolute Gasteiger partial charge is 0.353 e. The van der Waals surface area contributed by atoms with Crippen molar-refractivity contribution >= 4 is 35.8 Å². The van der Waals surface area contributed by atoms with Crippen LogP contribution in [0.4, 0.5) is 0 Å². The third kappa shape index (κ3) is 6.14. The Kier molecular flexibility index (Phi) is 9.24. The first-order valence-corrected chi connectivity index (χ1v) is 16.1. The second-order valence-corrected chi connectivity index (χ2v) is 13.0. The number of carboxylic acid groups (broad SMARTS) is 2. The quantitative estimate of drug-likeness (QED) is 0.180. The Morgan fingerprint density at radius 1 is 0.961 bits per heavy atom. The number of carboxylic acids is 2. The van der Waals surface area contributed by atoms with Gasteiger partial charge >= 0.3 is 35.8 Å². The lowest BCUT2D eigenvalue weighted by molar-refractivity contribution is -0.186. The number of hydrogen-bond donors (Lipinski definition) is 4. The molecule has 0 unspecified atom stereocenters. The number of aromatic hydroxyl groups is 1. The molecule has 0 aromatic heterocycles. The van der Waals surface area contributed by atoms with Crippen molar-refractivity contribution in [1.29, 1.82) is 0 Å². The van der Waals surface area contributed by atoms with Gasteiger partial charge in [0.15, 0.2) is 17.6 Å². The lowest BCUT2D eigenvalue weighted by Crippen LogP contribution is -2.74. The Morgan fingerprint density at radius 3 is 2.35 bits per heavy atom. The molecule has 1 spiro atoms. The zero-order valence-electron chi connectivity index (χ0n) is 27.5. The maximum absolute atomic E-state index is 13.5. The predicted octanol–water partition coefficient (Wildman–Crippen LogP) is 1.29. The summed E-state index contributed by atoms with van der Waals surface area (Å²) in [5.41, 5.74) is -0.845. The zero-order valence-corrected chi connectivity index (χ0v) is 27.5. The number of aliphatic carboxylic acids is 2. The Labute approximate surface area is 290 Å². The lowest BCUT2D eigenvalue weighted by atomic mass is 9.50. The van der Waals surface area contributed by atoms with Crippen molar-refractivity contribution in [2.75, 3.05) is 13.6 Å². The highest BCUT2D eigenvalue weighted by molar-refractivity contribution is 5.88. The number of aliphatic hydroxyl groups is 1. The molecule has 2 aromatic rings. The summed E-state index contributed by atoms with van der Waals surface area (Å²) >= 11 is 0. The number of nitrogens with zero attached hydrogens (tertiary/aromatic N) is 1. The normalized spacial score (nSPS) is 25.8. The lowest BCUT2D eigenvalue weighted by Gasteiger charge is -2.61. The van der Waals surface area contributed by atoms with E-state index in [9.17, 15) is 44.1 Å². The SMILES string of the molecule is CC(=O)O[C@@H](CC(=O)OC1=CC[C@@]2(O)[C@@H]3Cc4ccc(O)c5c4[C@@]2(CCN3C)[C@H]1O5)C(=O)O[C@H](C(=O)O[C@@H](CC(=O)O)C(=O)O)c1ccccc1. The molecule has 1 fully saturated rings. The van der Waals surface area contributed by atoms with Gasteiger partial charge in [-0.15, -0.1) is 0 Å². The van der Waals surface area contributed by atoms with Gasteiger partial charge in [-0.1, -0.05) is 36.4 Å². The third-order valence-corrected chi connectivity index (χ3v) is 9.95. The summed E-state index contributed by atoms with van der Waals surface area (Å²) in [5, 5.41) is 41.4. The molecule has 0 radical (unpaired) electrons. The molecule has 2 aromatic carbocycles. The van der Waals surface area contributed by atoms with Gasteiger partial charge in [0.2, 0.25) is 18.3 Å². The molecule has 51 heavy (non-hydrogen) atoms. The molecule has 0 saturated carbocycles. The summed E-state index contributed by atoms with van der Waals surface area (Å²) in [6.07, 6.45) is -6.51. The van der Waals surface area contributed by atoms with Crippen LogP contribution < -0.4 is 4.74 Å². The van der Waals surface area contributed by atoms with Gasteiger partial charge in [0, 0.05) is 30.5 Å². The fourth-order valence-corrected chi connectivity index (χ4v) is 7.75. The van der Waals surface area contributed by atoms with Crippen molar-refractivity contribution in [3.63, 3.8) is 0 Å². The second kappa shape index (κ2) is 13.3. The predicted molar refractivity (Wildman–Crippen MR) is 168 cm³/mol. The Bertz CT molecular complexity index is 1820. The minimum Gasteiger partial charge on any atom is -0.504 e. The number of likely N-dealkylation sites (N-methyl/N-ethyl adjacent to an activating group) is 1. The number of ether oxygens (including phenoxy) is 5. The first-order valence-electron chi connectivity index (χ1n) is 16.1. The number of piperidine rings is 1. The number of likely N-dealkylation sites (tertiary alicyclic amines) is 1. The summed E-state index contributed by atoms with van der Waals surface area (Å²) in [4.78, 5) is 76.8. The highest BCUT2D eigenvalue weighted by atomic mass is 16.6. The average molecular weight is 710 g/mol. The number of phenolic OH excluding ortho intramolecular Hbond substituents is 1. The van der Waals surface area contributed by atoms with Gasteiger partial charge in [0.25, 0.3) is 0 Å². The van der Waals surface area contributed by atoms with Crippen LogP contribution in [0.25, 0.3) is 0 Å². The highest BCUT2D eigenvalue weighted by Gasteiger charge is 2.72. The van der Waals surface area contributed by atoms with Crippen LogP contribution in [0.15, 0.2) is 54.3 Å². The largest absolute Gasteiger partial charge is 0.504 e. The molecule has 6 rings (SSSR count). The van der Waals surface area contributed by atoms with E-state index in [4.69, 9.17) is 28.8 Å². The first kappa shape index (κ1) is 35.3. The van der Waals surface area contributed by atoms with Gasteiger partial charge in [-0.25, -0.2) is 14.4 Å². The van der Waals surface area contributed by atoms with Gasteiger partial charge < -0.3 is 49.0 Å². The van der Waals surface area contributed by atoms with Crippen molar-refractivity contribution in [2.45, 2.75) is 80.5 Å². The number of phenols is 1. The molecule has 4 aliphatic rings. The molecule has 16 heteroatoms. The number of carbonyl (C=O) groups is 6. The van der Waals surface area contributed by atoms with E-state index in [-0.39, 0.29) is 35.3 Å². The van der Waals surface area contributed by atoms with Crippen molar-refractivity contribution in [2.24, 2.45) is 0 Å². The van der Waals surface area contributed by atoms with Gasteiger partial charge in [0.1, 0.15) is 5.76 Å². The van der Waals surface area contributed by atoms with Gasteiger partial charge in [-0.05, 0) is 44.1 Å². The van der Waals surface area contributed by atoms with Crippen LogP contribution in [0.5, 0.6) is 11.5 Å². The standard InChI is InChI=1S/C35H35NO15/c1-17(37)47-23(32(44)51-28(18-6-4-3-5-7-18)33(45)49-22(31(42)43)15-25(39)40)16-26(41)48-21-10-11-35(46)24-14-19-8-9-20(38)29-27(19)34(35,30(21)50-29)12-13-36(24)2/h3-10,22-24,28,30,38,46H,11-16H2,1-2H3,(H,39,40)(H,42,43)/t22-,23-,24-,28-,30-,34-,35+/m0/s1. The Morgan fingerprint density at radius 2 is 1.69 bits per heavy atom. The average Bonchev–Trinajstić information content (AvgIpc) is 3.43. The fourth-order valence-electron chi connectivity index (χ4n) is 7.75. The molecule has 2 aliphatic heterocycles. The topological polar surface area (TPSA) is 233 Å². The van der Waals surface area contributed by atoms with E-state index in [0.717, 1.165) is 12.5 Å². The van der Waals surface area contributed by atoms with Crippen LogP contribution in [0.3, 0.4) is 0 Å². The molecule has 4 N–H and O–H groups in total. The minimum atomic E-state index is -2.12. The molecule has 2 heterocycles. The van der Waals surface area contributed by atoms with E-state index in [1.807, 2.05) is 7.05 Å². The van der Waals surface area contributed by atoms with Gasteiger partial charge in [0.05, 0.1) is 23.9 Å². The zero-order chi connectivity index (χ0) is 36.8. The van der Waals surface area contributed by atoms with E-state index in [1.165, 1.54) is 36.4 Å². The molecule has 0 amide bonds.